The van der Waals surface area contributed by atoms with Gasteiger partial charge in [-0.1, -0.05) is 19.3 Å². The lowest BCUT2D eigenvalue weighted by atomic mass is 9.96. The third-order valence-electron chi connectivity index (χ3n) is 6.53. The van der Waals surface area contributed by atoms with Crippen molar-refractivity contribution in [3.8, 4) is 0 Å². The number of anilines is 1. The molecular formula is C23H36N4O4S. The maximum atomic E-state index is 12.7. The number of amides is 3. The van der Waals surface area contributed by atoms with Gasteiger partial charge in [0, 0.05) is 43.8 Å². The van der Waals surface area contributed by atoms with Crippen LogP contribution in [0.3, 0.4) is 0 Å². The summed E-state index contributed by atoms with van der Waals surface area (Å²) in [5.74, 6) is -0.247. The fourth-order valence-electron chi connectivity index (χ4n) is 4.50. The van der Waals surface area contributed by atoms with Crippen molar-refractivity contribution in [2.75, 3.05) is 31.5 Å². The Morgan fingerprint density at radius 1 is 0.969 bits per heavy atom. The largest absolute Gasteiger partial charge is 0.326 e. The highest BCUT2D eigenvalue weighted by Crippen LogP contribution is 2.23. The Labute approximate surface area is 191 Å². The number of likely N-dealkylation sites (tertiary alicyclic amines) is 1. The lowest BCUT2D eigenvalue weighted by Gasteiger charge is -2.34. The molecule has 8 nitrogen and oxygen atoms in total. The standard InChI is InChI=1S/C23H36N4O4S/c1-3-26(4-2)23(29)27-16-14-18(15-17-27)22(28)24-19-10-12-21(13-11-19)32(30,31)25-20-8-6-5-7-9-20/h10-13,18,20,25H,3-9,14-17H2,1-2H3,(H,24,28). The van der Waals surface area contributed by atoms with E-state index in [9.17, 15) is 18.0 Å². The molecule has 1 heterocycles. The van der Waals surface area contributed by atoms with Crippen LogP contribution in [0.5, 0.6) is 0 Å². The number of sulfonamides is 1. The van der Waals surface area contributed by atoms with Gasteiger partial charge in [-0.25, -0.2) is 17.9 Å². The molecule has 0 bridgehead atoms. The second-order valence-corrected chi connectivity index (χ2v) is 10.4. The Morgan fingerprint density at radius 3 is 2.12 bits per heavy atom. The molecule has 1 aromatic carbocycles. The van der Waals surface area contributed by atoms with Crippen LogP contribution >= 0.6 is 0 Å². The van der Waals surface area contributed by atoms with Gasteiger partial charge in [-0.05, 0) is 63.8 Å². The first kappa shape index (κ1) is 24.5. The molecule has 178 valence electrons. The topological polar surface area (TPSA) is 98.8 Å². The average Bonchev–Trinajstić information content (AvgIpc) is 2.80. The third kappa shape index (κ3) is 6.22. The molecule has 0 atom stereocenters. The van der Waals surface area contributed by atoms with Crippen LogP contribution in [0.25, 0.3) is 0 Å². The minimum absolute atomic E-state index is 0.00705. The Balaban J connectivity index is 1.51. The number of rotatable bonds is 7. The van der Waals surface area contributed by atoms with Gasteiger partial charge in [-0.15, -0.1) is 0 Å². The van der Waals surface area contributed by atoms with Crippen molar-refractivity contribution in [1.29, 1.82) is 0 Å². The van der Waals surface area contributed by atoms with Crippen LogP contribution in [-0.4, -0.2) is 62.4 Å². The average molecular weight is 465 g/mol. The number of nitrogens with one attached hydrogen (secondary N) is 2. The smallest absolute Gasteiger partial charge is 0.319 e. The summed E-state index contributed by atoms with van der Waals surface area (Å²) in [6, 6.07) is 6.37. The van der Waals surface area contributed by atoms with Crippen molar-refractivity contribution >= 4 is 27.6 Å². The SMILES string of the molecule is CCN(CC)C(=O)N1CCC(C(=O)Nc2ccc(S(=O)(=O)NC3CCCCC3)cc2)CC1. The molecule has 1 aliphatic heterocycles. The van der Waals surface area contributed by atoms with Gasteiger partial charge >= 0.3 is 6.03 Å². The van der Waals surface area contributed by atoms with Crippen LogP contribution in [0.1, 0.15) is 58.8 Å². The highest BCUT2D eigenvalue weighted by Gasteiger charge is 2.29. The van der Waals surface area contributed by atoms with E-state index in [1.54, 1.807) is 17.0 Å². The van der Waals surface area contributed by atoms with Gasteiger partial charge in [0.2, 0.25) is 15.9 Å². The Hall–Kier alpha value is -2.13. The van der Waals surface area contributed by atoms with E-state index >= 15 is 0 Å². The summed E-state index contributed by atoms with van der Waals surface area (Å²) in [5, 5.41) is 2.89. The normalized spacial score (nSPS) is 18.4. The number of carbonyl (C=O) groups excluding carboxylic acids is 2. The Bertz CT molecular complexity index is 870. The number of hydrogen-bond acceptors (Lipinski definition) is 4. The van der Waals surface area contributed by atoms with Gasteiger partial charge in [-0.2, -0.15) is 0 Å². The third-order valence-corrected chi connectivity index (χ3v) is 8.07. The summed E-state index contributed by atoms with van der Waals surface area (Å²) in [5.41, 5.74) is 0.577. The predicted molar refractivity (Wildman–Crippen MR) is 125 cm³/mol. The molecule has 1 saturated heterocycles. The molecule has 0 radical (unpaired) electrons. The minimum atomic E-state index is -3.56. The molecule has 9 heteroatoms. The first-order valence-corrected chi connectivity index (χ1v) is 13.3. The van der Waals surface area contributed by atoms with Crippen LogP contribution in [0.2, 0.25) is 0 Å². The van der Waals surface area contributed by atoms with E-state index in [1.165, 1.54) is 12.1 Å². The molecule has 0 aromatic heterocycles. The van der Waals surface area contributed by atoms with E-state index in [0.717, 1.165) is 32.1 Å². The van der Waals surface area contributed by atoms with E-state index in [-0.39, 0.29) is 28.8 Å². The molecule has 2 aliphatic rings. The van der Waals surface area contributed by atoms with E-state index in [0.29, 0.717) is 44.7 Å². The van der Waals surface area contributed by atoms with E-state index in [4.69, 9.17) is 0 Å². The lowest BCUT2D eigenvalue weighted by Crippen LogP contribution is -2.47. The number of benzene rings is 1. The summed E-state index contributed by atoms with van der Waals surface area (Å²) in [7, 11) is -3.56. The second-order valence-electron chi connectivity index (χ2n) is 8.69. The number of hydrogen-bond donors (Lipinski definition) is 2. The molecule has 3 amide bonds. The highest BCUT2D eigenvalue weighted by molar-refractivity contribution is 7.89. The molecule has 2 fully saturated rings. The molecular weight excluding hydrogens is 428 g/mol. The zero-order valence-corrected chi connectivity index (χ0v) is 20.0. The summed E-state index contributed by atoms with van der Waals surface area (Å²) in [6.45, 7) is 6.42. The minimum Gasteiger partial charge on any atom is -0.326 e. The van der Waals surface area contributed by atoms with Gasteiger partial charge in [0.15, 0.2) is 0 Å². The Morgan fingerprint density at radius 2 is 1.56 bits per heavy atom. The monoisotopic (exact) mass is 464 g/mol. The van der Waals surface area contributed by atoms with Crippen molar-refractivity contribution < 1.29 is 18.0 Å². The Kier molecular flexibility index (Phi) is 8.53. The van der Waals surface area contributed by atoms with Crippen LogP contribution in [0.15, 0.2) is 29.2 Å². The molecule has 3 rings (SSSR count). The zero-order chi connectivity index (χ0) is 23.1. The molecule has 2 N–H and O–H groups in total. The maximum absolute atomic E-state index is 12.7. The van der Waals surface area contributed by atoms with Crippen molar-refractivity contribution in [2.24, 2.45) is 5.92 Å². The second kappa shape index (κ2) is 11.1. The molecule has 32 heavy (non-hydrogen) atoms. The molecule has 1 saturated carbocycles. The molecule has 1 aromatic rings. The number of piperidine rings is 1. The predicted octanol–water partition coefficient (Wildman–Crippen LogP) is 3.41. The van der Waals surface area contributed by atoms with Crippen molar-refractivity contribution in [3.05, 3.63) is 24.3 Å². The first-order chi connectivity index (χ1) is 15.3. The molecule has 0 unspecified atom stereocenters. The van der Waals surface area contributed by atoms with Gasteiger partial charge in [0.25, 0.3) is 0 Å². The summed E-state index contributed by atoms with van der Waals surface area (Å²) >= 11 is 0. The van der Waals surface area contributed by atoms with E-state index < -0.39 is 10.0 Å². The van der Waals surface area contributed by atoms with Gasteiger partial charge in [-0.3, -0.25) is 4.79 Å². The summed E-state index contributed by atoms with van der Waals surface area (Å²) < 4.78 is 28.1. The first-order valence-electron chi connectivity index (χ1n) is 11.8. The van der Waals surface area contributed by atoms with Crippen LogP contribution in [-0.2, 0) is 14.8 Å². The highest BCUT2D eigenvalue weighted by atomic mass is 32.2. The van der Waals surface area contributed by atoms with Crippen molar-refractivity contribution in [3.63, 3.8) is 0 Å². The van der Waals surface area contributed by atoms with Crippen LogP contribution in [0.4, 0.5) is 10.5 Å². The van der Waals surface area contributed by atoms with Crippen molar-refractivity contribution in [1.82, 2.24) is 14.5 Å². The van der Waals surface area contributed by atoms with Gasteiger partial charge < -0.3 is 15.1 Å². The van der Waals surface area contributed by atoms with Gasteiger partial charge in [0.1, 0.15) is 0 Å². The quantitative estimate of drug-likeness (QED) is 0.646. The van der Waals surface area contributed by atoms with E-state index in [2.05, 4.69) is 10.0 Å². The fourth-order valence-corrected chi connectivity index (χ4v) is 5.80. The lowest BCUT2D eigenvalue weighted by molar-refractivity contribution is -0.121. The van der Waals surface area contributed by atoms with Crippen molar-refractivity contribution in [2.45, 2.75) is 69.7 Å². The molecule has 0 spiro atoms. The summed E-state index contributed by atoms with van der Waals surface area (Å²) in [4.78, 5) is 29.0. The zero-order valence-electron chi connectivity index (χ0n) is 19.2. The van der Waals surface area contributed by atoms with Gasteiger partial charge in [0.05, 0.1) is 4.90 Å². The van der Waals surface area contributed by atoms with Crippen LogP contribution < -0.4 is 10.0 Å². The molecule has 1 aliphatic carbocycles. The number of nitrogens with zero attached hydrogens (tertiary/aromatic N) is 2. The van der Waals surface area contributed by atoms with Crippen LogP contribution in [0, 0.1) is 5.92 Å². The fraction of sp³-hybridized carbons (Fsp3) is 0.652. The summed E-state index contributed by atoms with van der Waals surface area (Å²) in [6.07, 6.45) is 6.28. The maximum Gasteiger partial charge on any atom is 0.319 e. The van der Waals surface area contributed by atoms with E-state index in [1.807, 2.05) is 18.7 Å². The number of carbonyl (C=O) groups is 2. The number of urea groups is 1.